The van der Waals surface area contributed by atoms with E-state index in [1.807, 2.05) is 0 Å². The maximum absolute atomic E-state index is 12.6. The summed E-state index contributed by atoms with van der Waals surface area (Å²) in [4.78, 5) is 0.219. The van der Waals surface area contributed by atoms with Crippen LogP contribution in [0.1, 0.15) is 5.56 Å². The topological polar surface area (TPSA) is 71.1 Å². The molecule has 0 saturated carbocycles. The van der Waals surface area contributed by atoms with Crippen LogP contribution in [-0.2, 0) is 15.6 Å². The SMILES string of the molecule is COc1ccc(S(=O)(=O)Cc2cc(OC)c(OC)c(OC)c2)cc1. The highest BCUT2D eigenvalue weighted by molar-refractivity contribution is 7.90. The predicted molar refractivity (Wildman–Crippen MR) is 90.0 cm³/mol. The Morgan fingerprint density at radius 2 is 1.33 bits per heavy atom. The highest BCUT2D eigenvalue weighted by atomic mass is 32.2. The average Bonchev–Trinajstić information content (AvgIpc) is 2.60. The lowest BCUT2D eigenvalue weighted by Gasteiger charge is -2.14. The Balaban J connectivity index is 2.38. The third-order valence-electron chi connectivity index (χ3n) is 3.50. The summed E-state index contributed by atoms with van der Waals surface area (Å²) in [6.45, 7) is 0. The second-order valence-electron chi connectivity index (χ2n) is 4.97. The lowest BCUT2D eigenvalue weighted by molar-refractivity contribution is 0.324. The Labute approximate surface area is 141 Å². The van der Waals surface area contributed by atoms with E-state index in [1.165, 1.54) is 40.6 Å². The Kier molecular flexibility index (Phi) is 5.56. The van der Waals surface area contributed by atoms with E-state index in [2.05, 4.69) is 0 Å². The summed E-state index contributed by atoms with van der Waals surface area (Å²) in [5.74, 6) is 1.66. The molecule has 0 aromatic heterocycles. The third-order valence-corrected chi connectivity index (χ3v) is 5.20. The first-order valence-electron chi connectivity index (χ1n) is 7.11. The van der Waals surface area contributed by atoms with Gasteiger partial charge in [0.1, 0.15) is 5.75 Å². The van der Waals surface area contributed by atoms with Crippen LogP contribution >= 0.6 is 0 Å². The molecule has 0 bridgehead atoms. The number of rotatable bonds is 7. The molecular weight excluding hydrogens is 332 g/mol. The van der Waals surface area contributed by atoms with Gasteiger partial charge < -0.3 is 18.9 Å². The van der Waals surface area contributed by atoms with Gasteiger partial charge in [-0.2, -0.15) is 0 Å². The molecule has 130 valence electrons. The molecule has 0 heterocycles. The molecule has 6 nitrogen and oxygen atoms in total. The van der Waals surface area contributed by atoms with Gasteiger partial charge in [-0.3, -0.25) is 0 Å². The van der Waals surface area contributed by atoms with Crippen LogP contribution in [0.15, 0.2) is 41.3 Å². The maximum atomic E-state index is 12.6. The molecule has 0 fully saturated rings. The van der Waals surface area contributed by atoms with Crippen molar-refractivity contribution in [3.05, 3.63) is 42.0 Å². The Bertz CT molecular complexity index is 771. The van der Waals surface area contributed by atoms with Crippen molar-refractivity contribution in [2.24, 2.45) is 0 Å². The van der Waals surface area contributed by atoms with Crippen LogP contribution in [-0.4, -0.2) is 36.9 Å². The smallest absolute Gasteiger partial charge is 0.203 e. The molecule has 0 unspecified atom stereocenters. The number of methoxy groups -OCH3 is 4. The lowest BCUT2D eigenvalue weighted by Crippen LogP contribution is -2.06. The number of ether oxygens (including phenoxy) is 4. The highest BCUT2D eigenvalue weighted by Gasteiger charge is 2.19. The van der Waals surface area contributed by atoms with Crippen molar-refractivity contribution in [1.29, 1.82) is 0 Å². The molecule has 0 radical (unpaired) electrons. The van der Waals surface area contributed by atoms with Gasteiger partial charge in [-0.25, -0.2) is 8.42 Å². The van der Waals surface area contributed by atoms with E-state index in [0.29, 0.717) is 28.6 Å². The van der Waals surface area contributed by atoms with E-state index in [9.17, 15) is 8.42 Å². The van der Waals surface area contributed by atoms with Gasteiger partial charge in [0.25, 0.3) is 0 Å². The summed E-state index contributed by atoms with van der Waals surface area (Å²) in [6.07, 6.45) is 0. The molecule has 2 aromatic carbocycles. The molecule has 0 N–H and O–H groups in total. The van der Waals surface area contributed by atoms with Crippen molar-refractivity contribution >= 4 is 9.84 Å². The monoisotopic (exact) mass is 352 g/mol. The predicted octanol–water partition coefficient (Wildman–Crippen LogP) is 2.69. The summed E-state index contributed by atoms with van der Waals surface area (Å²) >= 11 is 0. The fourth-order valence-corrected chi connectivity index (χ4v) is 3.63. The molecule has 0 aliphatic carbocycles. The second-order valence-corrected chi connectivity index (χ2v) is 6.96. The van der Waals surface area contributed by atoms with Crippen LogP contribution in [0.4, 0.5) is 0 Å². The van der Waals surface area contributed by atoms with E-state index >= 15 is 0 Å². The largest absolute Gasteiger partial charge is 0.497 e. The van der Waals surface area contributed by atoms with Crippen LogP contribution in [0, 0.1) is 0 Å². The van der Waals surface area contributed by atoms with Crippen molar-refractivity contribution in [2.45, 2.75) is 10.6 Å². The number of benzene rings is 2. The van der Waals surface area contributed by atoms with E-state index < -0.39 is 9.84 Å². The van der Waals surface area contributed by atoms with Crippen molar-refractivity contribution in [1.82, 2.24) is 0 Å². The first-order valence-corrected chi connectivity index (χ1v) is 8.76. The van der Waals surface area contributed by atoms with Crippen molar-refractivity contribution in [3.63, 3.8) is 0 Å². The summed E-state index contributed by atoms with van der Waals surface area (Å²) < 4.78 is 46.0. The highest BCUT2D eigenvalue weighted by Crippen LogP contribution is 2.39. The van der Waals surface area contributed by atoms with Crippen LogP contribution in [0.5, 0.6) is 23.0 Å². The summed E-state index contributed by atoms with van der Waals surface area (Å²) in [7, 11) is 2.48. The molecule has 2 aromatic rings. The van der Waals surface area contributed by atoms with Crippen LogP contribution < -0.4 is 18.9 Å². The van der Waals surface area contributed by atoms with Gasteiger partial charge in [-0.1, -0.05) is 0 Å². The van der Waals surface area contributed by atoms with Crippen molar-refractivity contribution < 1.29 is 27.4 Å². The van der Waals surface area contributed by atoms with E-state index in [1.54, 1.807) is 24.3 Å². The molecule has 0 saturated heterocycles. The van der Waals surface area contributed by atoms with Gasteiger partial charge in [0.05, 0.1) is 39.1 Å². The molecule has 7 heteroatoms. The minimum atomic E-state index is -3.52. The molecule has 0 aliphatic heterocycles. The standard InChI is InChI=1S/C17H20O6S/c1-20-13-5-7-14(8-6-13)24(18,19)11-12-9-15(21-2)17(23-4)16(10-12)22-3/h5-10H,11H2,1-4H3. The van der Waals surface area contributed by atoms with Crippen molar-refractivity contribution in [3.8, 4) is 23.0 Å². The van der Waals surface area contributed by atoms with E-state index in [4.69, 9.17) is 18.9 Å². The van der Waals surface area contributed by atoms with Crippen LogP contribution in [0.25, 0.3) is 0 Å². The molecule has 0 amide bonds. The van der Waals surface area contributed by atoms with Gasteiger partial charge in [-0.05, 0) is 42.0 Å². The average molecular weight is 352 g/mol. The maximum Gasteiger partial charge on any atom is 0.203 e. The summed E-state index contributed by atoms with van der Waals surface area (Å²) in [5.41, 5.74) is 0.542. The fourth-order valence-electron chi connectivity index (χ4n) is 2.30. The molecule has 0 aliphatic rings. The minimum absolute atomic E-state index is 0.184. The molecule has 0 spiro atoms. The first kappa shape index (κ1) is 17.9. The molecule has 24 heavy (non-hydrogen) atoms. The Morgan fingerprint density at radius 1 is 0.792 bits per heavy atom. The summed E-state index contributed by atoms with van der Waals surface area (Å²) in [5, 5.41) is 0. The summed E-state index contributed by atoms with van der Waals surface area (Å²) in [6, 6.07) is 9.52. The zero-order valence-corrected chi connectivity index (χ0v) is 14.8. The fraction of sp³-hybridized carbons (Fsp3) is 0.294. The Morgan fingerprint density at radius 3 is 1.75 bits per heavy atom. The van der Waals surface area contributed by atoms with Gasteiger partial charge in [0.2, 0.25) is 5.75 Å². The van der Waals surface area contributed by atoms with E-state index in [0.717, 1.165) is 0 Å². The second kappa shape index (κ2) is 7.44. The zero-order chi connectivity index (χ0) is 17.7. The molecular formula is C17H20O6S. The molecule has 0 atom stereocenters. The normalized spacial score (nSPS) is 11.0. The zero-order valence-electron chi connectivity index (χ0n) is 14.0. The molecule has 2 rings (SSSR count). The van der Waals surface area contributed by atoms with E-state index in [-0.39, 0.29) is 10.6 Å². The number of hydrogen-bond donors (Lipinski definition) is 0. The number of sulfone groups is 1. The van der Waals surface area contributed by atoms with Crippen molar-refractivity contribution in [2.75, 3.05) is 28.4 Å². The van der Waals surface area contributed by atoms with Gasteiger partial charge in [0.15, 0.2) is 21.3 Å². The Hall–Kier alpha value is -2.41. The first-order chi connectivity index (χ1) is 11.4. The number of hydrogen-bond acceptors (Lipinski definition) is 6. The van der Waals surface area contributed by atoms with Gasteiger partial charge in [-0.15, -0.1) is 0 Å². The van der Waals surface area contributed by atoms with Gasteiger partial charge >= 0.3 is 0 Å². The lowest BCUT2D eigenvalue weighted by atomic mass is 10.2. The van der Waals surface area contributed by atoms with Crippen LogP contribution in [0.2, 0.25) is 0 Å². The van der Waals surface area contributed by atoms with Gasteiger partial charge in [0, 0.05) is 0 Å². The van der Waals surface area contributed by atoms with Crippen LogP contribution in [0.3, 0.4) is 0 Å². The minimum Gasteiger partial charge on any atom is -0.497 e. The third kappa shape index (κ3) is 3.73. The quantitative estimate of drug-likeness (QED) is 0.763.